The van der Waals surface area contributed by atoms with Crippen LogP contribution >= 0.6 is 27.5 Å². The van der Waals surface area contributed by atoms with Crippen molar-refractivity contribution >= 4 is 50.2 Å². The van der Waals surface area contributed by atoms with Crippen LogP contribution in [0.3, 0.4) is 0 Å². The zero-order chi connectivity index (χ0) is 18.3. The number of carbonyl (C=O) groups excluding carboxylic acids is 1. The molecule has 1 saturated heterocycles. The van der Waals surface area contributed by atoms with Gasteiger partial charge in [-0.05, 0) is 44.0 Å². The van der Waals surface area contributed by atoms with Crippen LogP contribution in [0.2, 0.25) is 5.02 Å². The lowest BCUT2D eigenvalue weighted by Gasteiger charge is -2.38. The van der Waals surface area contributed by atoms with E-state index in [1.54, 1.807) is 0 Å². The Kier molecular flexibility index (Phi) is 5.08. The average molecular weight is 438 g/mol. The van der Waals surface area contributed by atoms with E-state index in [1.807, 2.05) is 25.1 Å². The van der Waals surface area contributed by atoms with E-state index in [-0.39, 0.29) is 11.9 Å². The van der Waals surface area contributed by atoms with Gasteiger partial charge in [-0.15, -0.1) is 0 Å². The first kappa shape index (κ1) is 18.0. The minimum absolute atomic E-state index is 0.0749. The largest absolute Gasteiger partial charge is 0.354 e. The molecular weight excluding hydrogens is 416 g/mol. The Morgan fingerprint density at radius 2 is 2.00 bits per heavy atom. The number of piperazine rings is 1. The van der Waals surface area contributed by atoms with Gasteiger partial charge in [0.1, 0.15) is 5.82 Å². The van der Waals surface area contributed by atoms with Crippen molar-refractivity contribution in [3.8, 4) is 0 Å². The highest BCUT2D eigenvalue weighted by Gasteiger charge is 2.30. The molecule has 1 aromatic carbocycles. The van der Waals surface area contributed by atoms with Gasteiger partial charge in [0.05, 0.1) is 16.6 Å². The Morgan fingerprint density at radius 1 is 1.27 bits per heavy atom. The predicted molar refractivity (Wildman–Crippen MR) is 109 cm³/mol. The van der Waals surface area contributed by atoms with Gasteiger partial charge >= 0.3 is 0 Å². The smallest absolute Gasteiger partial charge is 0.237 e. The molecule has 1 aliphatic carbocycles. The van der Waals surface area contributed by atoms with Crippen LogP contribution < -0.4 is 10.2 Å². The maximum atomic E-state index is 12.3. The number of benzene rings is 1. The quantitative estimate of drug-likeness (QED) is 0.796. The molecule has 2 heterocycles. The Hall–Kier alpha value is -1.37. The van der Waals surface area contributed by atoms with Gasteiger partial charge in [0.25, 0.3) is 0 Å². The molecule has 1 unspecified atom stereocenters. The molecule has 1 aliphatic heterocycles. The molecule has 5 nitrogen and oxygen atoms in total. The standard InChI is InChI=1S/C19H22BrClN4O/c1-12(19(26)22-15-3-4-15)24-6-8-25(9-7-24)17-5-2-13-10-14(20)11-16(21)18(13)23-17/h2,5,10-12,15H,3-4,6-9H2,1H3,(H,22,26). The SMILES string of the molecule is CC(C(=O)NC1CC1)N1CCN(c2ccc3cc(Br)cc(Cl)c3n2)CC1. The fraction of sp³-hybridized carbons (Fsp3) is 0.474. The van der Waals surface area contributed by atoms with Gasteiger partial charge in [-0.3, -0.25) is 9.69 Å². The third kappa shape index (κ3) is 3.82. The lowest BCUT2D eigenvalue weighted by Crippen LogP contribution is -2.54. The Bertz CT molecular complexity index is 834. The van der Waals surface area contributed by atoms with E-state index in [0.717, 1.165) is 60.2 Å². The highest BCUT2D eigenvalue weighted by molar-refractivity contribution is 9.10. The van der Waals surface area contributed by atoms with Gasteiger partial charge in [0, 0.05) is 42.1 Å². The van der Waals surface area contributed by atoms with Gasteiger partial charge in [-0.1, -0.05) is 27.5 Å². The van der Waals surface area contributed by atoms with Gasteiger partial charge < -0.3 is 10.2 Å². The Balaban J connectivity index is 1.42. The number of anilines is 1. The molecule has 1 saturated carbocycles. The summed E-state index contributed by atoms with van der Waals surface area (Å²) < 4.78 is 0.955. The number of carbonyl (C=O) groups is 1. The minimum Gasteiger partial charge on any atom is -0.354 e. The number of hydrogen-bond acceptors (Lipinski definition) is 4. The predicted octanol–water partition coefficient (Wildman–Crippen LogP) is 3.44. The number of amides is 1. The van der Waals surface area contributed by atoms with Crippen molar-refractivity contribution in [2.75, 3.05) is 31.1 Å². The fourth-order valence-electron chi connectivity index (χ4n) is 3.38. The third-order valence-electron chi connectivity index (χ3n) is 5.19. The van der Waals surface area contributed by atoms with Crippen LogP contribution in [0.15, 0.2) is 28.7 Å². The number of nitrogens with zero attached hydrogens (tertiary/aromatic N) is 3. The molecular formula is C19H22BrClN4O. The molecule has 0 radical (unpaired) electrons. The number of hydrogen-bond donors (Lipinski definition) is 1. The van der Waals surface area contributed by atoms with Crippen LogP contribution in [-0.2, 0) is 4.79 Å². The fourth-order valence-corrected chi connectivity index (χ4v) is 4.25. The summed E-state index contributed by atoms with van der Waals surface area (Å²) in [5, 5.41) is 4.78. The molecule has 1 N–H and O–H groups in total. The first-order valence-electron chi connectivity index (χ1n) is 9.06. The van der Waals surface area contributed by atoms with Crippen LogP contribution in [0, 0.1) is 0 Å². The molecule has 0 bridgehead atoms. The van der Waals surface area contributed by atoms with Crippen molar-refractivity contribution in [2.24, 2.45) is 0 Å². The average Bonchev–Trinajstić information content (AvgIpc) is 3.45. The molecule has 138 valence electrons. The summed E-state index contributed by atoms with van der Waals surface area (Å²) in [6.07, 6.45) is 2.25. The second-order valence-corrected chi connectivity index (χ2v) is 8.43. The highest BCUT2D eigenvalue weighted by atomic mass is 79.9. The van der Waals surface area contributed by atoms with Crippen LogP contribution in [0.1, 0.15) is 19.8 Å². The maximum absolute atomic E-state index is 12.3. The third-order valence-corrected chi connectivity index (χ3v) is 5.93. The summed E-state index contributed by atoms with van der Waals surface area (Å²) in [5.74, 6) is 1.10. The topological polar surface area (TPSA) is 48.5 Å². The molecule has 1 atom stereocenters. The van der Waals surface area contributed by atoms with Gasteiger partial charge in [0.2, 0.25) is 5.91 Å². The van der Waals surface area contributed by atoms with Crippen molar-refractivity contribution in [3.05, 3.63) is 33.8 Å². The summed E-state index contributed by atoms with van der Waals surface area (Å²) in [4.78, 5) is 21.5. The number of pyridine rings is 1. The van der Waals surface area contributed by atoms with Crippen LogP contribution in [-0.4, -0.2) is 54.1 Å². The van der Waals surface area contributed by atoms with E-state index in [1.165, 1.54) is 0 Å². The molecule has 0 spiro atoms. The van der Waals surface area contributed by atoms with Crippen LogP contribution in [0.25, 0.3) is 10.9 Å². The summed E-state index contributed by atoms with van der Waals surface area (Å²) >= 11 is 9.82. The number of fused-ring (bicyclic) bond motifs is 1. The lowest BCUT2D eigenvalue weighted by atomic mass is 10.2. The number of halogens is 2. The molecule has 2 aromatic rings. The monoisotopic (exact) mass is 436 g/mol. The molecule has 26 heavy (non-hydrogen) atoms. The summed E-state index contributed by atoms with van der Waals surface area (Å²) in [5.41, 5.74) is 0.826. The van der Waals surface area contributed by atoms with E-state index < -0.39 is 0 Å². The van der Waals surface area contributed by atoms with Gasteiger partial charge in [-0.2, -0.15) is 0 Å². The van der Waals surface area contributed by atoms with Crippen LogP contribution in [0.5, 0.6) is 0 Å². The zero-order valence-corrected chi connectivity index (χ0v) is 17.1. The van der Waals surface area contributed by atoms with E-state index in [9.17, 15) is 4.79 Å². The second-order valence-electron chi connectivity index (χ2n) is 7.11. The number of aromatic nitrogens is 1. The normalized spacial score (nSPS) is 19.6. The van der Waals surface area contributed by atoms with Crippen molar-refractivity contribution in [1.29, 1.82) is 0 Å². The second kappa shape index (κ2) is 7.33. The van der Waals surface area contributed by atoms with Crippen LogP contribution in [0.4, 0.5) is 5.82 Å². The zero-order valence-electron chi connectivity index (χ0n) is 14.7. The van der Waals surface area contributed by atoms with Crippen molar-refractivity contribution < 1.29 is 4.79 Å². The van der Waals surface area contributed by atoms with Gasteiger partial charge in [0.15, 0.2) is 0 Å². The van der Waals surface area contributed by atoms with Crippen molar-refractivity contribution in [1.82, 2.24) is 15.2 Å². The number of nitrogens with one attached hydrogen (secondary N) is 1. The first-order chi connectivity index (χ1) is 12.5. The molecule has 1 amide bonds. The Morgan fingerprint density at radius 3 is 2.69 bits per heavy atom. The van der Waals surface area contributed by atoms with Gasteiger partial charge in [-0.25, -0.2) is 4.98 Å². The summed E-state index contributed by atoms with van der Waals surface area (Å²) in [7, 11) is 0. The molecule has 2 aliphatic rings. The maximum Gasteiger partial charge on any atom is 0.237 e. The molecule has 7 heteroatoms. The van der Waals surface area contributed by atoms with Crippen molar-refractivity contribution in [3.63, 3.8) is 0 Å². The van der Waals surface area contributed by atoms with E-state index in [0.29, 0.717) is 11.1 Å². The highest BCUT2D eigenvalue weighted by Crippen LogP contribution is 2.29. The van der Waals surface area contributed by atoms with E-state index in [4.69, 9.17) is 16.6 Å². The Labute approximate surface area is 166 Å². The minimum atomic E-state index is -0.0749. The molecule has 4 rings (SSSR count). The van der Waals surface area contributed by atoms with E-state index >= 15 is 0 Å². The first-order valence-corrected chi connectivity index (χ1v) is 10.2. The summed E-state index contributed by atoms with van der Waals surface area (Å²) in [6, 6.07) is 8.34. The molecule has 1 aromatic heterocycles. The number of rotatable bonds is 4. The molecule has 2 fully saturated rings. The van der Waals surface area contributed by atoms with Crippen molar-refractivity contribution in [2.45, 2.75) is 31.8 Å². The summed E-state index contributed by atoms with van der Waals surface area (Å²) in [6.45, 7) is 5.42. The van der Waals surface area contributed by atoms with E-state index in [2.05, 4.69) is 37.1 Å². The lowest BCUT2D eigenvalue weighted by molar-refractivity contribution is -0.126.